The number of aromatic nitrogens is 2. The number of hydrogen-bond donors (Lipinski definition) is 0. The molecule has 3 heteroatoms. The Kier molecular flexibility index (Phi) is 4.61. The normalized spacial score (nSPS) is 19.2. The Morgan fingerprint density at radius 1 is 1.12 bits per heavy atom. The highest BCUT2D eigenvalue weighted by Gasteiger charge is 2.23. The van der Waals surface area contributed by atoms with Gasteiger partial charge in [0.05, 0.1) is 5.69 Å². The summed E-state index contributed by atoms with van der Waals surface area (Å²) in [6.45, 7) is 5.30. The Morgan fingerprint density at radius 3 is 2.79 bits per heavy atom. The summed E-state index contributed by atoms with van der Waals surface area (Å²) in [5, 5.41) is 0. The van der Waals surface area contributed by atoms with Crippen molar-refractivity contribution >= 4 is 0 Å². The van der Waals surface area contributed by atoms with Crippen molar-refractivity contribution in [3.63, 3.8) is 0 Å². The van der Waals surface area contributed by atoms with E-state index in [2.05, 4.69) is 42.3 Å². The second-order valence-corrected chi connectivity index (χ2v) is 7.42. The first-order valence-corrected chi connectivity index (χ1v) is 9.41. The van der Waals surface area contributed by atoms with Crippen LogP contribution in [-0.4, -0.2) is 21.4 Å². The van der Waals surface area contributed by atoms with Crippen LogP contribution >= 0.6 is 0 Å². The van der Waals surface area contributed by atoms with Crippen molar-refractivity contribution in [1.29, 1.82) is 0 Å². The SMILES string of the molecule is Cc1ccccc1CN1CCc2cnc(C3CCCCC3)nc2C1. The van der Waals surface area contributed by atoms with Crippen LogP contribution in [0.1, 0.15) is 66.2 Å². The minimum absolute atomic E-state index is 0.593. The number of hydrogen-bond acceptors (Lipinski definition) is 3. The van der Waals surface area contributed by atoms with E-state index in [1.807, 2.05) is 0 Å². The van der Waals surface area contributed by atoms with E-state index in [9.17, 15) is 0 Å². The van der Waals surface area contributed by atoms with Gasteiger partial charge in [-0.1, -0.05) is 43.5 Å². The van der Waals surface area contributed by atoms with Gasteiger partial charge in [-0.05, 0) is 42.9 Å². The van der Waals surface area contributed by atoms with Gasteiger partial charge in [-0.2, -0.15) is 0 Å². The second kappa shape index (κ2) is 7.02. The van der Waals surface area contributed by atoms with Gasteiger partial charge in [0.25, 0.3) is 0 Å². The lowest BCUT2D eigenvalue weighted by molar-refractivity contribution is 0.239. The number of fused-ring (bicyclic) bond motifs is 1. The predicted octanol–water partition coefficient (Wildman–Crippen LogP) is 4.39. The van der Waals surface area contributed by atoms with E-state index in [0.717, 1.165) is 31.9 Å². The van der Waals surface area contributed by atoms with E-state index in [-0.39, 0.29) is 0 Å². The first-order chi connectivity index (χ1) is 11.8. The Morgan fingerprint density at radius 2 is 1.96 bits per heavy atom. The molecule has 4 rings (SSSR count). The van der Waals surface area contributed by atoms with Gasteiger partial charge in [0.1, 0.15) is 5.82 Å². The lowest BCUT2D eigenvalue weighted by atomic mass is 9.88. The third-order valence-corrected chi connectivity index (χ3v) is 5.67. The Hall–Kier alpha value is -1.74. The molecule has 0 amide bonds. The zero-order valence-corrected chi connectivity index (χ0v) is 14.7. The average molecular weight is 321 g/mol. The van der Waals surface area contributed by atoms with E-state index in [1.165, 1.54) is 54.5 Å². The quantitative estimate of drug-likeness (QED) is 0.839. The molecular weight excluding hydrogens is 294 g/mol. The van der Waals surface area contributed by atoms with E-state index in [0.29, 0.717) is 5.92 Å². The van der Waals surface area contributed by atoms with E-state index in [1.54, 1.807) is 0 Å². The predicted molar refractivity (Wildman–Crippen MR) is 96.9 cm³/mol. The minimum atomic E-state index is 0.593. The zero-order chi connectivity index (χ0) is 16.4. The molecule has 126 valence electrons. The molecule has 0 unspecified atom stereocenters. The highest BCUT2D eigenvalue weighted by atomic mass is 15.1. The number of rotatable bonds is 3. The van der Waals surface area contributed by atoms with Crippen molar-refractivity contribution in [3.05, 3.63) is 58.7 Å². The van der Waals surface area contributed by atoms with Crippen LogP contribution in [0.15, 0.2) is 30.5 Å². The van der Waals surface area contributed by atoms with Gasteiger partial charge >= 0.3 is 0 Å². The third-order valence-electron chi connectivity index (χ3n) is 5.67. The highest BCUT2D eigenvalue weighted by Crippen LogP contribution is 2.31. The number of aryl methyl sites for hydroxylation is 1. The Labute approximate surface area is 145 Å². The summed E-state index contributed by atoms with van der Waals surface area (Å²) < 4.78 is 0. The van der Waals surface area contributed by atoms with E-state index < -0.39 is 0 Å². The fraction of sp³-hybridized carbons (Fsp3) is 0.524. The molecule has 0 N–H and O–H groups in total. The standard InChI is InChI=1S/C21H27N3/c1-16-7-5-6-10-19(16)14-24-12-11-18-13-22-21(23-20(18)15-24)17-8-3-2-4-9-17/h5-7,10,13,17H,2-4,8-9,11-12,14-15H2,1H3. The van der Waals surface area contributed by atoms with Crippen LogP contribution in [0.25, 0.3) is 0 Å². The van der Waals surface area contributed by atoms with Gasteiger partial charge in [0.15, 0.2) is 0 Å². The summed E-state index contributed by atoms with van der Waals surface area (Å²) in [4.78, 5) is 12.2. The Balaban J connectivity index is 1.50. The molecule has 2 aromatic rings. The molecular formula is C21H27N3. The number of benzene rings is 1. The van der Waals surface area contributed by atoms with Crippen LogP contribution in [0.5, 0.6) is 0 Å². The molecule has 1 saturated carbocycles. The Bertz CT molecular complexity index is 704. The molecule has 1 aliphatic carbocycles. The van der Waals surface area contributed by atoms with Crippen molar-refractivity contribution < 1.29 is 0 Å². The van der Waals surface area contributed by atoms with Crippen molar-refractivity contribution in [1.82, 2.24) is 14.9 Å². The van der Waals surface area contributed by atoms with Crippen molar-refractivity contribution in [2.24, 2.45) is 0 Å². The van der Waals surface area contributed by atoms with Crippen LogP contribution in [0.4, 0.5) is 0 Å². The van der Waals surface area contributed by atoms with Crippen LogP contribution in [0, 0.1) is 6.92 Å². The van der Waals surface area contributed by atoms with Gasteiger partial charge in [0.2, 0.25) is 0 Å². The summed E-state index contributed by atoms with van der Waals surface area (Å²) in [6, 6.07) is 8.71. The molecule has 2 aliphatic rings. The largest absolute Gasteiger partial charge is 0.293 e. The second-order valence-electron chi connectivity index (χ2n) is 7.42. The molecule has 2 heterocycles. The van der Waals surface area contributed by atoms with Gasteiger partial charge in [-0.3, -0.25) is 4.90 Å². The van der Waals surface area contributed by atoms with Gasteiger partial charge in [-0.25, -0.2) is 9.97 Å². The maximum atomic E-state index is 5.00. The molecule has 0 bridgehead atoms. The van der Waals surface area contributed by atoms with Crippen molar-refractivity contribution in [2.45, 2.75) is 64.5 Å². The number of nitrogens with zero attached hydrogens (tertiary/aromatic N) is 3. The summed E-state index contributed by atoms with van der Waals surface area (Å²) in [6.07, 6.45) is 9.78. The van der Waals surface area contributed by atoms with Crippen molar-refractivity contribution in [2.75, 3.05) is 6.54 Å². The molecule has 0 saturated heterocycles. The molecule has 1 fully saturated rings. The maximum Gasteiger partial charge on any atom is 0.131 e. The molecule has 1 aromatic heterocycles. The average Bonchev–Trinajstić information content (AvgIpc) is 2.64. The minimum Gasteiger partial charge on any atom is -0.293 e. The third kappa shape index (κ3) is 3.36. The molecule has 3 nitrogen and oxygen atoms in total. The zero-order valence-electron chi connectivity index (χ0n) is 14.7. The van der Waals surface area contributed by atoms with Crippen LogP contribution in [-0.2, 0) is 19.5 Å². The maximum absolute atomic E-state index is 5.00. The van der Waals surface area contributed by atoms with E-state index >= 15 is 0 Å². The van der Waals surface area contributed by atoms with Gasteiger partial charge in [0, 0.05) is 31.7 Å². The molecule has 1 aromatic carbocycles. The summed E-state index contributed by atoms with van der Waals surface area (Å²) >= 11 is 0. The summed E-state index contributed by atoms with van der Waals surface area (Å²) in [7, 11) is 0. The molecule has 24 heavy (non-hydrogen) atoms. The van der Waals surface area contributed by atoms with Crippen LogP contribution < -0.4 is 0 Å². The van der Waals surface area contributed by atoms with E-state index in [4.69, 9.17) is 9.97 Å². The van der Waals surface area contributed by atoms with Crippen molar-refractivity contribution in [3.8, 4) is 0 Å². The fourth-order valence-corrected chi connectivity index (χ4v) is 4.09. The van der Waals surface area contributed by atoms with Gasteiger partial charge in [-0.15, -0.1) is 0 Å². The highest BCUT2D eigenvalue weighted by molar-refractivity contribution is 5.27. The summed E-state index contributed by atoms with van der Waals surface area (Å²) in [5.41, 5.74) is 5.44. The van der Waals surface area contributed by atoms with Crippen LogP contribution in [0.3, 0.4) is 0 Å². The first kappa shape index (κ1) is 15.8. The molecule has 0 spiro atoms. The lowest BCUT2D eigenvalue weighted by Crippen LogP contribution is -2.31. The van der Waals surface area contributed by atoms with Gasteiger partial charge < -0.3 is 0 Å². The molecule has 0 radical (unpaired) electrons. The monoisotopic (exact) mass is 321 g/mol. The summed E-state index contributed by atoms with van der Waals surface area (Å²) in [5.74, 6) is 1.70. The smallest absolute Gasteiger partial charge is 0.131 e. The lowest BCUT2D eigenvalue weighted by Gasteiger charge is -2.29. The van der Waals surface area contributed by atoms with Crippen LogP contribution in [0.2, 0.25) is 0 Å². The first-order valence-electron chi connectivity index (χ1n) is 9.41. The topological polar surface area (TPSA) is 29.0 Å². The molecule has 0 atom stereocenters. The fourth-order valence-electron chi connectivity index (χ4n) is 4.09. The molecule has 1 aliphatic heterocycles.